The van der Waals surface area contributed by atoms with Crippen LogP contribution in [0.5, 0.6) is 5.75 Å². The second-order valence-electron chi connectivity index (χ2n) is 4.85. The van der Waals surface area contributed by atoms with E-state index in [0.29, 0.717) is 23.1 Å². The van der Waals surface area contributed by atoms with E-state index in [0.717, 1.165) is 4.88 Å². The number of oxime groups is 1. The van der Waals surface area contributed by atoms with Crippen LogP contribution in [-0.4, -0.2) is 23.1 Å². The Balaban J connectivity index is 1.72. The lowest BCUT2D eigenvalue weighted by atomic mass is 10.2. The van der Waals surface area contributed by atoms with E-state index in [1.165, 1.54) is 11.3 Å². The number of aromatic nitrogens is 2. The Hall–Kier alpha value is -2.87. The summed E-state index contributed by atoms with van der Waals surface area (Å²) < 4.78 is 10.8. The van der Waals surface area contributed by atoms with Crippen molar-refractivity contribution >= 4 is 17.2 Å². The molecule has 3 aromatic rings. The topological polar surface area (TPSA) is 95.8 Å². The standard InChI is InChI=1S/C16H16N4O3S/c1-10(15-18-19-16(22-15)13-8-5-9-24-13)23-20-14(17)11-6-3-4-7-12(11)21-2/h3-10H,1-2H3,(H2,17,20)/t10-/m0/s1. The van der Waals surface area contributed by atoms with Gasteiger partial charge in [0.15, 0.2) is 5.84 Å². The fourth-order valence-corrected chi connectivity index (χ4v) is 2.63. The molecule has 0 aliphatic carbocycles. The molecule has 0 saturated carbocycles. The summed E-state index contributed by atoms with van der Waals surface area (Å²) in [6.07, 6.45) is -0.528. The summed E-state index contributed by atoms with van der Waals surface area (Å²) >= 11 is 1.52. The fourth-order valence-electron chi connectivity index (χ4n) is 1.99. The van der Waals surface area contributed by atoms with E-state index in [1.54, 1.807) is 26.2 Å². The molecule has 0 unspecified atom stereocenters. The summed E-state index contributed by atoms with van der Waals surface area (Å²) in [6, 6.07) is 11.1. The van der Waals surface area contributed by atoms with E-state index < -0.39 is 6.10 Å². The predicted molar refractivity (Wildman–Crippen MR) is 90.8 cm³/mol. The Kier molecular flexibility index (Phi) is 4.76. The predicted octanol–water partition coefficient (Wildman–Crippen LogP) is 3.20. The number of nitrogens with two attached hydrogens (primary N) is 1. The monoisotopic (exact) mass is 344 g/mol. The van der Waals surface area contributed by atoms with Crippen LogP contribution >= 0.6 is 11.3 Å². The molecule has 0 aliphatic rings. The molecule has 0 spiro atoms. The van der Waals surface area contributed by atoms with Crippen LogP contribution in [0.3, 0.4) is 0 Å². The van der Waals surface area contributed by atoms with Gasteiger partial charge in [0.05, 0.1) is 17.6 Å². The van der Waals surface area contributed by atoms with Crippen LogP contribution in [0.4, 0.5) is 0 Å². The number of para-hydroxylation sites is 1. The summed E-state index contributed by atoms with van der Waals surface area (Å²) in [4.78, 5) is 6.29. The van der Waals surface area contributed by atoms with Crippen molar-refractivity contribution < 1.29 is 14.0 Å². The van der Waals surface area contributed by atoms with Gasteiger partial charge in [0.25, 0.3) is 11.8 Å². The highest BCUT2D eigenvalue weighted by Crippen LogP contribution is 2.26. The number of rotatable bonds is 6. The maximum absolute atomic E-state index is 5.96. The first-order valence-electron chi connectivity index (χ1n) is 7.19. The van der Waals surface area contributed by atoms with Crippen molar-refractivity contribution in [1.29, 1.82) is 0 Å². The molecule has 0 aliphatic heterocycles. The van der Waals surface area contributed by atoms with Gasteiger partial charge in [-0.1, -0.05) is 23.4 Å². The van der Waals surface area contributed by atoms with Crippen LogP contribution in [0.2, 0.25) is 0 Å². The Morgan fingerprint density at radius 2 is 2.08 bits per heavy atom. The van der Waals surface area contributed by atoms with E-state index in [9.17, 15) is 0 Å². The van der Waals surface area contributed by atoms with Gasteiger partial charge < -0.3 is 19.7 Å². The van der Waals surface area contributed by atoms with Gasteiger partial charge in [-0.3, -0.25) is 0 Å². The molecule has 7 nitrogen and oxygen atoms in total. The molecule has 2 N–H and O–H groups in total. The first-order valence-corrected chi connectivity index (χ1v) is 8.07. The van der Waals surface area contributed by atoms with Gasteiger partial charge in [-0.2, -0.15) is 0 Å². The number of hydrogen-bond donors (Lipinski definition) is 1. The SMILES string of the molecule is COc1ccccc1/C(N)=N\O[C@@H](C)c1nnc(-c2cccs2)o1. The minimum absolute atomic E-state index is 0.206. The summed E-state index contributed by atoms with van der Waals surface area (Å²) in [5.74, 6) is 1.61. The number of benzene rings is 1. The van der Waals surface area contributed by atoms with Crippen molar-refractivity contribution in [1.82, 2.24) is 10.2 Å². The third kappa shape index (κ3) is 3.38. The lowest BCUT2D eigenvalue weighted by Gasteiger charge is -2.09. The molecular weight excluding hydrogens is 328 g/mol. The highest BCUT2D eigenvalue weighted by atomic mass is 32.1. The number of amidine groups is 1. The van der Waals surface area contributed by atoms with Gasteiger partial charge in [-0.15, -0.1) is 21.5 Å². The van der Waals surface area contributed by atoms with E-state index >= 15 is 0 Å². The van der Waals surface area contributed by atoms with Crippen LogP contribution in [0, 0.1) is 0 Å². The molecule has 0 amide bonds. The maximum Gasteiger partial charge on any atom is 0.259 e. The van der Waals surface area contributed by atoms with Crippen LogP contribution < -0.4 is 10.5 Å². The van der Waals surface area contributed by atoms with E-state index in [4.69, 9.17) is 19.7 Å². The smallest absolute Gasteiger partial charge is 0.259 e. The third-order valence-corrected chi connectivity index (χ3v) is 4.07. The minimum atomic E-state index is -0.528. The van der Waals surface area contributed by atoms with Crippen molar-refractivity contribution in [3.05, 3.63) is 53.2 Å². The maximum atomic E-state index is 5.96. The number of ether oxygens (including phenoxy) is 1. The molecular formula is C16H16N4O3S. The number of thiophene rings is 1. The highest BCUT2D eigenvalue weighted by molar-refractivity contribution is 7.13. The lowest BCUT2D eigenvalue weighted by Crippen LogP contribution is -2.15. The summed E-state index contributed by atoms with van der Waals surface area (Å²) in [6.45, 7) is 1.75. The van der Waals surface area contributed by atoms with Gasteiger partial charge in [0.1, 0.15) is 5.75 Å². The van der Waals surface area contributed by atoms with Crippen molar-refractivity contribution in [3.8, 4) is 16.5 Å². The van der Waals surface area contributed by atoms with Crippen LogP contribution in [0.25, 0.3) is 10.8 Å². The van der Waals surface area contributed by atoms with Crippen LogP contribution in [-0.2, 0) is 4.84 Å². The van der Waals surface area contributed by atoms with Gasteiger partial charge >= 0.3 is 0 Å². The number of nitrogens with zero attached hydrogens (tertiary/aromatic N) is 3. The molecule has 0 saturated heterocycles. The largest absolute Gasteiger partial charge is 0.496 e. The van der Waals surface area contributed by atoms with E-state index in [1.807, 2.05) is 29.6 Å². The zero-order chi connectivity index (χ0) is 16.9. The molecule has 24 heavy (non-hydrogen) atoms. The molecule has 0 fully saturated rings. The highest BCUT2D eigenvalue weighted by Gasteiger charge is 2.17. The summed E-state index contributed by atoms with van der Waals surface area (Å²) in [5.41, 5.74) is 6.61. The fraction of sp³-hybridized carbons (Fsp3) is 0.188. The van der Waals surface area contributed by atoms with E-state index in [2.05, 4.69) is 15.4 Å². The van der Waals surface area contributed by atoms with Crippen molar-refractivity contribution in [3.63, 3.8) is 0 Å². The summed E-state index contributed by atoms with van der Waals surface area (Å²) in [7, 11) is 1.57. The number of hydrogen-bond acceptors (Lipinski definition) is 7. The Morgan fingerprint density at radius 3 is 2.83 bits per heavy atom. The third-order valence-electron chi connectivity index (χ3n) is 3.21. The number of methoxy groups -OCH3 is 1. The average molecular weight is 344 g/mol. The normalized spacial score (nSPS) is 12.8. The zero-order valence-electron chi connectivity index (χ0n) is 13.2. The van der Waals surface area contributed by atoms with Gasteiger partial charge in [-0.25, -0.2) is 0 Å². The van der Waals surface area contributed by atoms with Crippen LogP contribution in [0.15, 0.2) is 51.4 Å². The molecule has 1 atom stereocenters. The Morgan fingerprint density at radius 1 is 1.25 bits per heavy atom. The van der Waals surface area contributed by atoms with Gasteiger partial charge in [-0.05, 0) is 30.5 Å². The molecule has 3 rings (SSSR count). The van der Waals surface area contributed by atoms with Crippen molar-refractivity contribution in [2.24, 2.45) is 10.9 Å². The molecule has 2 heterocycles. The first kappa shape index (κ1) is 16.0. The van der Waals surface area contributed by atoms with Gasteiger partial charge in [0.2, 0.25) is 6.10 Å². The average Bonchev–Trinajstić information content (AvgIpc) is 3.30. The Bertz CT molecular complexity index is 829. The quantitative estimate of drug-likeness (QED) is 0.419. The molecule has 1 aromatic carbocycles. The van der Waals surface area contributed by atoms with Crippen LogP contribution in [0.1, 0.15) is 24.5 Å². The molecule has 2 aromatic heterocycles. The second-order valence-corrected chi connectivity index (χ2v) is 5.79. The molecule has 8 heteroatoms. The minimum Gasteiger partial charge on any atom is -0.496 e. The molecule has 0 bridgehead atoms. The molecule has 124 valence electrons. The van der Waals surface area contributed by atoms with Crippen molar-refractivity contribution in [2.45, 2.75) is 13.0 Å². The zero-order valence-corrected chi connectivity index (χ0v) is 14.0. The van der Waals surface area contributed by atoms with Crippen molar-refractivity contribution in [2.75, 3.05) is 7.11 Å². The molecule has 0 radical (unpaired) electrons. The lowest BCUT2D eigenvalue weighted by molar-refractivity contribution is 0.0526. The Labute approximate surface area is 142 Å². The van der Waals surface area contributed by atoms with E-state index in [-0.39, 0.29) is 5.84 Å². The van der Waals surface area contributed by atoms with Gasteiger partial charge in [0, 0.05) is 0 Å². The first-order chi connectivity index (χ1) is 11.7. The summed E-state index contributed by atoms with van der Waals surface area (Å²) in [5, 5.41) is 13.9. The second kappa shape index (κ2) is 7.14.